The topological polar surface area (TPSA) is 41.3 Å². The molecule has 3 heteroatoms. The van der Waals surface area contributed by atoms with Gasteiger partial charge in [-0.05, 0) is 17.7 Å². The maximum absolute atomic E-state index is 5.76. The molecule has 3 N–H and O–H groups in total. The van der Waals surface area contributed by atoms with E-state index in [4.69, 9.17) is 12.2 Å². The van der Waals surface area contributed by atoms with Gasteiger partial charge in [0.2, 0.25) is 0 Å². The number of anilines is 1. The molecule has 0 saturated carbocycles. The molecule has 0 heterocycles. The number of terminal acetylenes is 1. The van der Waals surface area contributed by atoms with Crippen LogP contribution < -0.4 is 16.0 Å². The third-order valence-corrected chi connectivity index (χ3v) is 2.71. The monoisotopic (exact) mass is 231 g/mol. The molecule has 0 saturated heterocycles. The van der Waals surface area contributed by atoms with Crippen LogP contribution in [-0.4, -0.2) is 27.2 Å². The minimum Gasteiger partial charge on any atom is -0.378 e. The van der Waals surface area contributed by atoms with Gasteiger partial charge < -0.3 is 16.0 Å². The Morgan fingerprint density at radius 1 is 1.35 bits per heavy atom. The number of benzene rings is 1. The molecular weight excluding hydrogens is 210 g/mol. The first-order valence-electron chi connectivity index (χ1n) is 5.83. The average Bonchev–Trinajstić information content (AvgIpc) is 2.35. The maximum atomic E-state index is 5.76. The van der Waals surface area contributed by atoms with Crippen molar-refractivity contribution in [3.8, 4) is 12.3 Å². The van der Waals surface area contributed by atoms with Crippen molar-refractivity contribution in [2.75, 3.05) is 32.1 Å². The van der Waals surface area contributed by atoms with E-state index in [1.54, 1.807) is 0 Å². The van der Waals surface area contributed by atoms with E-state index in [2.05, 4.69) is 40.4 Å². The van der Waals surface area contributed by atoms with Crippen LogP contribution in [-0.2, 0) is 0 Å². The Bertz CT molecular complexity index is 362. The molecule has 0 spiro atoms. The number of nitrogens with zero attached hydrogens (tertiary/aromatic N) is 1. The van der Waals surface area contributed by atoms with Crippen molar-refractivity contribution in [3.05, 3.63) is 29.8 Å². The van der Waals surface area contributed by atoms with Gasteiger partial charge in [-0.25, -0.2) is 0 Å². The van der Waals surface area contributed by atoms with Gasteiger partial charge in [-0.3, -0.25) is 0 Å². The first-order chi connectivity index (χ1) is 8.19. The quantitative estimate of drug-likeness (QED) is 0.574. The Morgan fingerprint density at radius 3 is 2.47 bits per heavy atom. The van der Waals surface area contributed by atoms with E-state index in [1.807, 2.05) is 14.1 Å². The molecule has 0 radical (unpaired) electrons. The average molecular weight is 231 g/mol. The van der Waals surface area contributed by atoms with Crippen LogP contribution in [0.4, 0.5) is 5.69 Å². The molecule has 1 rings (SSSR count). The van der Waals surface area contributed by atoms with Gasteiger partial charge >= 0.3 is 0 Å². The van der Waals surface area contributed by atoms with Gasteiger partial charge in [-0.1, -0.05) is 12.1 Å². The summed E-state index contributed by atoms with van der Waals surface area (Å²) in [6.45, 7) is 1.37. The molecule has 1 unspecified atom stereocenters. The zero-order valence-corrected chi connectivity index (χ0v) is 10.6. The molecule has 0 aliphatic rings. The van der Waals surface area contributed by atoms with Gasteiger partial charge in [0.05, 0.1) is 0 Å². The zero-order chi connectivity index (χ0) is 12.7. The Balaban J connectivity index is 2.65. The van der Waals surface area contributed by atoms with E-state index in [-0.39, 0.29) is 6.04 Å². The normalized spacial score (nSPS) is 11.9. The molecule has 0 amide bonds. The first-order valence-corrected chi connectivity index (χ1v) is 5.83. The summed E-state index contributed by atoms with van der Waals surface area (Å²) < 4.78 is 0. The standard InChI is InChI=1S/C14H21N3/c1-4-5-10-16-14(11-15)12-6-8-13(9-7-12)17(2)3/h1,6-9,14,16H,5,10-11,15H2,2-3H3. The van der Waals surface area contributed by atoms with Gasteiger partial charge in [0.25, 0.3) is 0 Å². The lowest BCUT2D eigenvalue weighted by Gasteiger charge is -2.18. The van der Waals surface area contributed by atoms with E-state index in [0.717, 1.165) is 13.0 Å². The summed E-state index contributed by atoms with van der Waals surface area (Å²) in [5.74, 6) is 2.61. The molecule has 1 aromatic carbocycles. The van der Waals surface area contributed by atoms with Crippen molar-refractivity contribution in [1.29, 1.82) is 0 Å². The highest BCUT2D eigenvalue weighted by molar-refractivity contribution is 5.46. The highest BCUT2D eigenvalue weighted by atomic mass is 15.1. The number of nitrogens with two attached hydrogens (primary N) is 1. The molecule has 3 nitrogen and oxygen atoms in total. The minimum absolute atomic E-state index is 0.180. The van der Waals surface area contributed by atoms with Crippen LogP contribution >= 0.6 is 0 Å². The van der Waals surface area contributed by atoms with Crippen molar-refractivity contribution in [2.45, 2.75) is 12.5 Å². The second-order valence-electron chi connectivity index (χ2n) is 4.18. The van der Waals surface area contributed by atoms with Crippen molar-refractivity contribution >= 4 is 5.69 Å². The van der Waals surface area contributed by atoms with Crippen LogP contribution in [0.25, 0.3) is 0 Å². The molecule has 1 atom stereocenters. The number of nitrogens with one attached hydrogen (secondary N) is 1. The van der Waals surface area contributed by atoms with Crippen LogP contribution in [0.15, 0.2) is 24.3 Å². The third-order valence-electron chi connectivity index (χ3n) is 2.71. The lowest BCUT2D eigenvalue weighted by atomic mass is 10.1. The number of rotatable bonds is 6. The van der Waals surface area contributed by atoms with Crippen molar-refractivity contribution in [2.24, 2.45) is 5.73 Å². The fourth-order valence-corrected chi connectivity index (χ4v) is 1.66. The maximum Gasteiger partial charge on any atom is 0.0444 e. The van der Waals surface area contributed by atoms with E-state index >= 15 is 0 Å². The van der Waals surface area contributed by atoms with Gasteiger partial charge in [0, 0.05) is 45.3 Å². The fraction of sp³-hybridized carbons (Fsp3) is 0.429. The molecule has 0 aliphatic heterocycles. The predicted octanol–water partition coefficient (Wildman–Crippen LogP) is 1.37. The Morgan fingerprint density at radius 2 is 2.00 bits per heavy atom. The Kier molecular flexibility index (Phi) is 5.55. The molecule has 17 heavy (non-hydrogen) atoms. The largest absolute Gasteiger partial charge is 0.378 e. The zero-order valence-electron chi connectivity index (χ0n) is 10.6. The van der Waals surface area contributed by atoms with E-state index in [9.17, 15) is 0 Å². The summed E-state index contributed by atoms with van der Waals surface area (Å²) >= 11 is 0. The predicted molar refractivity (Wildman–Crippen MR) is 74.0 cm³/mol. The van der Waals surface area contributed by atoms with Crippen LogP contribution in [0.5, 0.6) is 0 Å². The van der Waals surface area contributed by atoms with Crippen LogP contribution in [0.3, 0.4) is 0 Å². The molecule has 92 valence electrons. The van der Waals surface area contributed by atoms with Crippen molar-refractivity contribution in [3.63, 3.8) is 0 Å². The Hall–Kier alpha value is -1.50. The SMILES string of the molecule is C#CCCNC(CN)c1ccc(N(C)C)cc1. The van der Waals surface area contributed by atoms with Gasteiger partial charge in [0.1, 0.15) is 0 Å². The summed E-state index contributed by atoms with van der Waals surface area (Å²) in [5, 5.41) is 3.35. The minimum atomic E-state index is 0.180. The molecule has 0 fully saturated rings. The summed E-state index contributed by atoms with van der Waals surface area (Å²) in [6.07, 6.45) is 5.95. The second-order valence-corrected chi connectivity index (χ2v) is 4.18. The molecule has 1 aromatic rings. The Labute approximate surface area is 104 Å². The number of hydrogen-bond donors (Lipinski definition) is 2. The van der Waals surface area contributed by atoms with Crippen molar-refractivity contribution < 1.29 is 0 Å². The van der Waals surface area contributed by atoms with E-state index in [1.165, 1.54) is 11.3 Å². The van der Waals surface area contributed by atoms with Crippen LogP contribution in [0, 0.1) is 12.3 Å². The van der Waals surface area contributed by atoms with E-state index in [0.29, 0.717) is 6.54 Å². The number of hydrogen-bond acceptors (Lipinski definition) is 3. The molecule has 0 aromatic heterocycles. The van der Waals surface area contributed by atoms with Gasteiger partial charge in [-0.15, -0.1) is 12.3 Å². The molecule has 0 aliphatic carbocycles. The van der Waals surface area contributed by atoms with Gasteiger partial charge in [0.15, 0.2) is 0 Å². The van der Waals surface area contributed by atoms with E-state index < -0.39 is 0 Å². The highest BCUT2D eigenvalue weighted by Gasteiger charge is 2.08. The summed E-state index contributed by atoms with van der Waals surface area (Å²) in [6, 6.07) is 8.59. The van der Waals surface area contributed by atoms with Gasteiger partial charge in [-0.2, -0.15) is 0 Å². The molecule has 0 bridgehead atoms. The lowest BCUT2D eigenvalue weighted by molar-refractivity contribution is 0.551. The summed E-state index contributed by atoms with van der Waals surface area (Å²) in [7, 11) is 4.06. The first kappa shape index (κ1) is 13.6. The smallest absolute Gasteiger partial charge is 0.0444 e. The van der Waals surface area contributed by atoms with Crippen LogP contribution in [0.1, 0.15) is 18.0 Å². The fourth-order valence-electron chi connectivity index (χ4n) is 1.66. The summed E-state index contributed by atoms with van der Waals surface area (Å²) in [5.41, 5.74) is 8.15. The summed E-state index contributed by atoms with van der Waals surface area (Å²) in [4.78, 5) is 2.08. The lowest BCUT2D eigenvalue weighted by Crippen LogP contribution is -2.28. The highest BCUT2D eigenvalue weighted by Crippen LogP contribution is 2.17. The second kappa shape index (κ2) is 6.95. The van der Waals surface area contributed by atoms with Crippen LogP contribution in [0.2, 0.25) is 0 Å². The molecular formula is C14H21N3. The van der Waals surface area contributed by atoms with Crippen molar-refractivity contribution in [1.82, 2.24) is 5.32 Å². The third kappa shape index (κ3) is 4.10.